The number of aromatic carboxylic acids is 1. The van der Waals surface area contributed by atoms with Gasteiger partial charge in [0.1, 0.15) is 0 Å². The number of rotatable bonds is 3. The largest absolute Gasteiger partial charge is 0.478 e. The highest BCUT2D eigenvalue weighted by atomic mass is 19.4. The summed E-state index contributed by atoms with van der Waals surface area (Å²) in [5, 5.41) is 11.6. The van der Waals surface area contributed by atoms with Gasteiger partial charge in [-0.2, -0.15) is 13.2 Å². The van der Waals surface area contributed by atoms with Crippen molar-refractivity contribution < 1.29 is 23.1 Å². The zero-order chi connectivity index (χ0) is 13.9. The van der Waals surface area contributed by atoms with Gasteiger partial charge in [0.2, 0.25) is 0 Å². The zero-order valence-electron chi connectivity index (χ0n) is 9.80. The van der Waals surface area contributed by atoms with E-state index in [9.17, 15) is 18.0 Å². The van der Waals surface area contributed by atoms with E-state index in [4.69, 9.17) is 5.11 Å². The lowest BCUT2D eigenvalue weighted by Crippen LogP contribution is -2.09. The van der Waals surface area contributed by atoms with Crippen LogP contribution in [0.4, 0.5) is 18.9 Å². The number of nitrogens with one attached hydrogen (secondary N) is 1. The molecule has 1 aromatic carbocycles. The number of allylic oxidation sites excluding steroid dienone is 1. The van der Waals surface area contributed by atoms with E-state index in [-0.39, 0.29) is 5.69 Å². The van der Waals surface area contributed by atoms with Crippen LogP contribution >= 0.6 is 0 Å². The first-order valence-electron chi connectivity index (χ1n) is 5.06. The van der Waals surface area contributed by atoms with Crippen LogP contribution in [-0.2, 0) is 6.18 Å². The van der Waals surface area contributed by atoms with Crippen LogP contribution in [0, 0.1) is 0 Å². The van der Waals surface area contributed by atoms with Gasteiger partial charge in [-0.1, -0.05) is 5.57 Å². The molecular formula is C12H12F3NO2. The number of anilines is 1. The lowest BCUT2D eigenvalue weighted by molar-refractivity contribution is -0.137. The molecular weight excluding hydrogens is 247 g/mol. The minimum Gasteiger partial charge on any atom is -0.478 e. The molecule has 0 aliphatic rings. The highest BCUT2D eigenvalue weighted by Crippen LogP contribution is 2.31. The second kappa shape index (κ2) is 5.12. The molecule has 0 spiro atoms. The topological polar surface area (TPSA) is 49.3 Å². The van der Waals surface area contributed by atoms with E-state index in [0.29, 0.717) is 6.07 Å². The van der Waals surface area contributed by atoms with Crippen molar-refractivity contribution in [2.45, 2.75) is 20.0 Å². The highest BCUT2D eigenvalue weighted by Gasteiger charge is 2.31. The van der Waals surface area contributed by atoms with Crippen molar-refractivity contribution in [3.63, 3.8) is 0 Å². The van der Waals surface area contributed by atoms with E-state index in [2.05, 4.69) is 5.32 Å². The third-order valence-electron chi connectivity index (χ3n) is 2.09. The van der Waals surface area contributed by atoms with Crippen molar-refractivity contribution in [1.82, 2.24) is 0 Å². The van der Waals surface area contributed by atoms with Crippen LogP contribution in [0.3, 0.4) is 0 Å². The maximum absolute atomic E-state index is 12.5. The van der Waals surface area contributed by atoms with Crippen LogP contribution in [0.2, 0.25) is 0 Å². The zero-order valence-corrected chi connectivity index (χ0v) is 9.80. The van der Waals surface area contributed by atoms with Gasteiger partial charge in [0.05, 0.1) is 16.8 Å². The normalized spacial score (nSPS) is 10.9. The van der Waals surface area contributed by atoms with E-state index >= 15 is 0 Å². The highest BCUT2D eigenvalue weighted by molar-refractivity contribution is 5.94. The second-order valence-corrected chi connectivity index (χ2v) is 3.93. The van der Waals surface area contributed by atoms with Crippen molar-refractivity contribution >= 4 is 11.7 Å². The lowest BCUT2D eigenvalue weighted by atomic mass is 10.1. The standard InChI is InChI=1S/C12H12F3NO2/c1-7(2)6-16-10-4-3-8(12(13,14)15)5-9(10)11(17)18/h3-6,16H,1-2H3,(H,17,18). The molecule has 0 aliphatic heterocycles. The smallest absolute Gasteiger partial charge is 0.416 e. The third kappa shape index (κ3) is 3.51. The first-order chi connectivity index (χ1) is 8.21. The molecule has 0 aliphatic carbocycles. The van der Waals surface area contributed by atoms with Crippen molar-refractivity contribution in [3.8, 4) is 0 Å². The monoisotopic (exact) mass is 259 g/mol. The van der Waals surface area contributed by atoms with E-state index in [0.717, 1.165) is 17.7 Å². The molecule has 18 heavy (non-hydrogen) atoms. The van der Waals surface area contributed by atoms with Gasteiger partial charge in [0, 0.05) is 0 Å². The Bertz CT molecular complexity index is 489. The van der Waals surface area contributed by atoms with Crippen LogP contribution < -0.4 is 5.32 Å². The van der Waals surface area contributed by atoms with Crippen LogP contribution in [0.1, 0.15) is 29.8 Å². The first-order valence-corrected chi connectivity index (χ1v) is 5.06. The molecule has 0 heterocycles. The minimum atomic E-state index is -4.56. The predicted molar refractivity (Wildman–Crippen MR) is 61.5 cm³/mol. The minimum absolute atomic E-state index is 0.122. The van der Waals surface area contributed by atoms with Crippen LogP contribution in [0.25, 0.3) is 0 Å². The molecule has 0 fully saturated rings. The van der Waals surface area contributed by atoms with Gasteiger partial charge in [-0.05, 0) is 38.2 Å². The second-order valence-electron chi connectivity index (χ2n) is 3.93. The molecule has 0 aromatic heterocycles. The van der Waals surface area contributed by atoms with Gasteiger partial charge >= 0.3 is 12.1 Å². The summed E-state index contributed by atoms with van der Waals surface area (Å²) >= 11 is 0. The summed E-state index contributed by atoms with van der Waals surface area (Å²) in [5.41, 5.74) is -0.409. The van der Waals surface area contributed by atoms with Crippen molar-refractivity contribution in [2.75, 3.05) is 5.32 Å². The fourth-order valence-corrected chi connectivity index (χ4v) is 1.25. The van der Waals surface area contributed by atoms with Gasteiger partial charge in [-0.15, -0.1) is 0 Å². The van der Waals surface area contributed by atoms with E-state index in [1.165, 1.54) is 6.20 Å². The number of hydrogen-bond donors (Lipinski definition) is 2. The Morgan fingerprint density at radius 3 is 2.39 bits per heavy atom. The maximum Gasteiger partial charge on any atom is 0.416 e. The summed E-state index contributed by atoms with van der Waals surface area (Å²) in [5.74, 6) is -1.41. The number of carboxylic acid groups (broad SMARTS) is 1. The van der Waals surface area contributed by atoms with Gasteiger partial charge in [-0.3, -0.25) is 0 Å². The molecule has 2 N–H and O–H groups in total. The Morgan fingerprint density at radius 2 is 1.94 bits per heavy atom. The molecule has 0 unspecified atom stereocenters. The number of alkyl halides is 3. The third-order valence-corrected chi connectivity index (χ3v) is 2.09. The Labute approximate surface area is 102 Å². The van der Waals surface area contributed by atoms with Crippen molar-refractivity contribution in [2.24, 2.45) is 0 Å². The molecule has 0 saturated carbocycles. The lowest BCUT2D eigenvalue weighted by Gasteiger charge is -2.11. The van der Waals surface area contributed by atoms with Crippen molar-refractivity contribution in [3.05, 3.63) is 41.1 Å². The number of halogens is 3. The van der Waals surface area contributed by atoms with Crippen LogP contribution in [-0.4, -0.2) is 11.1 Å². The van der Waals surface area contributed by atoms with Crippen molar-refractivity contribution in [1.29, 1.82) is 0 Å². The summed E-state index contributed by atoms with van der Waals surface area (Å²) in [4.78, 5) is 10.9. The average molecular weight is 259 g/mol. The van der Waals surface area contributed by atoms with Gasteiger partial charge < -0.3 is 10.4 Å². The molecule has 0 atom stereocenters. The van der Waals surface area contributed by atoms with Gasteiger partial charge in [0.15, 0.2) is 0 Å². The number of benzene rings is 1. The first kappa shape index (κ1) is 14.1. The Kier molecular flexibility index (Phi) is 4.00. The molecule has 0 radical (unpaired) electrons. The Morgan fingerprint density at radius 1 is 1.33 bits per heavy atom. The van der Waals surface area contributed by atoms with Crippen LogP contribution in [0.5, 0.6) is 0 Å². The Balaban J connectivity index is 3.21. The number of carbonyl (C=O) groups is 1. The summed E-state index contributed by atoms with van der Waals surface area (Å²) in [6.45, 7) is 3.55. The van der Waals surface area contributed by atoms with Crippen LogP contribution in [0.15, 0.2) is 30.0 Å². The quantitative estimate of drug-likeness (QED) is 0.869. The molecule has 0 bridgehead atoms. The molecule has 3 nitrogen and oxygen atoms in total. The summed E-state index contributed by atoms with van der Waals surface area (Å²) in [6.07, 6.45) is -3.03. The molecule has 98 valence electrons. The van der Waals surface area contributed by atoms with Gasteiger partial charge in [0.25, 0.3) is 0 Å². The fraction of sp³-hybridized carbons (Fsp3) is 0.250. The Hall–Kier alpha value is -1.98. The SMILES string of the molecule is CC(C)=CNc1ccc(C(F)(F)F)cc1C(=O)O. The molecule has 1 rings (SSSR count). The number of carboxylic acids is 1. The van der Waals surface area contributed by atoms with E-state index in [1.807, 2.05) is 0 Å². The molecule has 6 heteroatoms. The van der Waals surface area contributed by atoms with E-state index in [1.54, 1.807) is 13.8 Å². The van der Waals surface area contributed by atoms with Gasteiger partial charge in [-0.25, -0.2) is 4.79 Å². The molecule has 1 aromatic rings. The maximum atomic E-state index is 12.5. The average Bonchev–Trinajstić information content (AvgIpc) is 2.24. The molecule has 0 amide bonds. The summed E-state index contributed by atoms with van der Waals surface area (Å²) in [6, 6.07) is 2.56. The fourth-order valence-electron chi connectivity index (χ4n) is 1.25. The predicted octanol–water partition coefficient (Wildman–Crippen LogP) is 3.74. The number of hydrogen-bond acceptors (Lipinski definition) is 2. The van der Waals surface area contributed by atoms with E-state index < -0.39 is 23.3 Å². The summed E-state index contributed by atoms with van der Waals surface area (Å²) in [7, 11) is 0. The molecule has 0 saturated heterocycles. The summed E-state index contributed by atoms with van der Waals surface area (Å²) < 4.78 is 37.4.